The molecule has 3 fully saturated rings. The van der Waals surface area contributed by atoms with Crippen LogP contribution in [0.3, 0.4) is 0 Å². The Morgan fingerprint density at radius 1 is 1.36 bits per heavy atom. The highest BCUT2D eigenvalue weighted by Gasteiger charge is 2.35. The van der Waals surface area contributed by atoms with E-state index in [1.165, 1.54) is 32.5 Å². The molecule has 3 aliphatic rings. The maximum Gasteiger partial charge on any atom is 0.00536 e. The maximum absolute atomic E-state index is 5.93. The Morgan fingerprint density at radius 3 is 2.27 bits per heavy atom. The number of hydrogen-bond donors (Lipinski definition) is 1. The molecule has 0 spiro atoms. The van der Waals surface area contributed by atoms with Crippen LogP contribution in [-0.4, -0.2) is 30.6 Å². The molecule has 0 radical (unpaired) electrons. The molecule has 3 saturated heterocycles. The molecule has 2 N–H and O–H groups in total. The minimum atomic E-state index is 0.406. The van der Waals surface area contributed by atoms with Crippen molar-refractivity contribution in [3.63, 3.8) is 0 Å². The molecule has 0 aromatic heterocycles. The van der Waals surface area contributed by atoms with E-state index < -0.39 is 0 Å². The summed E-state index contributed by atoms with van der Waals surface area (Å²) in [6, 6.07) is 0.406. The maximum atomic E-state index is 5.93. The molecule has 2 nitrogen and oxygen atoms in total. The molecule has 0 amide bonds. The lowest BCUT2D eigenvalue weighted by Crippen LogP contribution is -2.52. The average Bonchev–Trinajstić information content (AvgIpc) is 2.06. The minimum absolute atomic E-state index is 0.406. The lowest BCUT2D eigenvalue weighted by Gasteiger charge is -2.46. The van der Waals surface area contributed by atoms with Gasteiger partial charge in [0.25, 0.3) is 0 Å². The predicted molar refractivity (Wildman–Crippen MR) is 46.3 cm³/mol. The third-order valence-corrected chi connectivity index (χ3v) is 3.38. The second-order valence-corrected chi connectivity index (χ2v) is 4.16. The number of piperidine rings is 3. The van der Waals surface area contributed by atoms with Gasteiger partial charge in [-0.3, -0.25) is 0 Å². The van der Waals surface area contributed by atoms with Crippen LogP contribution in [0.4, 0.5) is 0 Å². The number of hydrogen-bond acceptors (Lipinski definition) is 2. The molecule has 2 unspecified atom stereocenters. The molecule has 0 aromatic rings. The Kier molecular flexibility index (Phi) is 1.90. The zero-order valence-electron chi connectivity index (χ0n) is 7.29. The van der Waals surface area contributed by atoms with Crippen molar-refractivity contribution in [3.8, 4) is 0 Å². The molecule has 64 valence electrons. The van der Waals surface area contributed by atoms with Gasteiger partial charge in [-0.15, -0.1) is 0 Å². The smallest absolute Gasteiger partial charge is 0.00536 e. The van der Waals surface area contributed by atoms with Crippen LogP contribution in [-0.2, 0) is 0 Å². The van der Waals surface area contributed by atoms with Crippen molar-refractivity contribution in [1.82, 2.24) is 4.90 Å². The predicted octanol–water partition coefficient (Wildman–Crippen LogP) is 0.675. The summed E-state index contributed by atoms with van der Waals surface area (Å²) in [7, 11) is 0. The largest absolute Gasteiger partial charge is 0.328 e. The molecule has 3 rings (SSSR count). The van der Waals surface area contributed by atoms with E-state index in [-0.39, 0.29) is 0 Å². The van der Waals surface area contributed by atoms with E-state index in [1.807, 2.05) is 0 Å². The first-order valence-corrected chi connectivity index (χ1v) is 4.75. The highest BCUT2D eigenvalue weighted by atomic mass is 15.2. The average molecular weight is 154 g/mol. The summed E-state index contributed by atoms with van der Waals surface area (Å²) in [5, 5.41) is 0. The SMILES string of the molecule is CC(N)C1CN2CCC1CC2. The van der Waals surface area contributed by atoms with Crippen LogP contribution in [0.2, 0.25) is 0 Å². The Bertz CT molecular complexity index is 136. The van der Waals surface area contributed by atoms with Gasteiger partial charge in [-0.1, -0.05) is 0 Å². The zero-order chi connectivity index (χ0) is 7.84. The summed E-state index contributed by atoms with van der Waals surface area (Å²) < 4.78 is 0. The van der Waals surface area contributed by atoms with Crippen molar-refractivity contribution in [2.45, 2.75) is 25.8 Å². The van der Waals surface area contributed by atoms with Crippen LogP contribution in [0.1, 0.15) is 19.8 Å². The van der Waals surface area contributed by atoms with Crippen LogP contribution >= 0.6 is 0 Å². The topological polar surface area (TPSA) is 29.3 Å². The van der Waals surface area contributed by atoms with Gasteiger partial charge in [0, 0.05) is 12.6 Å². The van der Waals surface area contributed by atoms with Crippen LogP contribution in [0.5, 0.6) is 0 Å². The monoisotopic (exact) mass is 154 g/mol. The number of nitrogens with two attached hydrogens (primary N) is 1. The fourth-order valence-corrected chi connectivity index (χ4v) is 2.61. The fourth-order valence-electron chi connectivity index (χ4n) is 2.61. The number of fused-ring (bicyclic) bond motifs is 3. The third-order valence-electron chi connectivity index (χ3n) is 3.38. The van der Waals surface area contributed by atoms with E-state index in [0.29, 0.717) is 6.04 Å². The van der Waals surface area contributed by atoms with Gasteiger partial charge >= 0.3 is 0 Å². The van der Waals surface area contributed by atoms with Gasteiger partial charge in [-0.05, 0) is 44.7 Å². The second kappa shape index (κ2) is 2.76. The summed E-state index contributed by atoms with van der Waals surface area (Å²) in [5.41, 5.74) is 5.93. The Hall–Kier alpha value is -0.0800. The first-order chi connectivity index (χ1) is 5.27. The van der Waals surface area contributed by atoms with E-state index in [2.05, 4.69) is 11.8 Å². The molecular formula is C9H18N2. The van der Waals surface area contributed by atoms with Crippen LogP contribution in [0.25, 0.3) is 0 Å². The van der Waals surface area contributed by atoms with Gasteiger partial charge in [0.05, 0.1) is 0 Å². The molecule has 0 saturated carbocycles. The molecule has 3 heterocycles. The Balaban J connectivity index is 2.03. The molecule has 3 aliphatic heterocycles. The van der Waals surface area contributed by atoms with Gasteiger partial charge < -0.3 is 10.6 Å². The third kappa shape index (κ3) is 1.30. The number of nitrogens with zero attached hydrogens (tertiary/aromatic N) is 1. The first kappa shape index (κ1) is 7.56. The van der Waals surface area contributed by atoms with E-state index >= 15 is 0 Å². The summed E-state index contributed by atoms with van der Waals surface area (Å²) in [6.45, 7) is 6.08. The van der Waals surface area contributed by atoms with Gasteiger partial charge in [0.2, 0.25) is 0 Å². The Labute approximate surface area is 68.7 Å². The van der Waals surface area contributed by atoms with Crippen LogP contribution < -0.4 is 5.73 Å². The highest BCUT2D eigenvalue weighted by Crippen LogP contribution is 2.33. The summed E-state index contributed by atoms with van der Waals surface area (Å²) in [4.78, 5) is 2.56. The van der Waals surface area contributed by atoms with Crippen molar-refractivity contribution >= 4 is 0 Å². The van der Waals surface area contributed by atoms with E-state index in [1.54, 1.807) is 0 Å². The van der Waals surface area contributed by atoms with Crippen molar-refractivity contribution in [2.24, 2.45) is 17.6 Å². The summed E-state index contributed by atoms with van der Waals surface area (Å²) in [5.74, 6) is 1.73. The fraction of sp³-hybridized carbons (Fsp3) is 1.00. The van der Waals surface area contributed by atoms with Gasteiger partial charge in [-0.25, -0.2) is 0 Å². The van der Waals surface area contributed by atoms with Crippen molar-refractivity contribution in [2.75, 3.05) is 19.6 Å². The molecule has 0 aliphatic carbocycles. The van der Waals surface area contributed by atoms with E-state index in [9.17, 15) is 0 Å². The van der Waals surface area contributed by atoms with Gasteiger partial charge in [-0.2, -0.15) is 0 Å². The van der Waals surface area contributed by atoms with Gasteiger partial charge in [0.15, 0.2) is 0 Å². The standard InChI is InChI=1S/C9H18N2/c1-7(10)9-6-11-4-2-8(9)3-5-11/h7-9H,2-6,10H2,1H3. The minimum Gasteiger partial charge on any atom is -0.328 e. The lowest BCUT2D eigenvalue weighted by molar-refractivity contribution is 0.0408. The lowest BCUT2D eigenvalue weighted by atomic mass is 9.76. The van der Waals surface area contributed by atoms with E-state index in [4.69, 9.17) is 5.73 Å². The van der Waals surface area contributed by atoms with Crippen LogP contribution in [0.15, 0.2) is 0 Å². The van der Waals surface area contributed by atoms with Crippen LogP contribution in [0, 0.1) is 11.8 Å². The molecule has 11 heavy (non-hydrogen) atoms. The molecule has 0 aromatic carbocycles. The molecule has 2 bridgehead atoms. The number of rotatable bonds is 1. The summed E-state index contributed by atoms with van der Waals surface area (Å²) in [6.07, 6.45) is 2.79. The molecule has 2 atom stereocenters. The Morgan fingerprint density at radius 2 is 2.00 bits per heavy atom. The molecular weight excluding hydrogens is 136 g/mol. The summed E-state index contributed by atoms with van der Waals surface area (Å²) >= 11 is 0. The first-order valence-electron chi connectivity index (χ1n) is 4.75. The highest BCUT2D eigenvalue weighted by molar-refractivity contribution is 4.89. The van der Waals surface area contributed by atoms with Crippen molar-refractivity contribution < 1.29 is 0 Å². The second-order valence-electron chi connectivity index (χ2n) is 4.16. The van der Waals surface area contributed by atoms with Gasteiger partial charge in [0.1, 0.15) is 0 Å². The van der Waals surface area contributed by atoms with Crippen molar-refractivity contribution in [1.29, 1.82) is 0 Å². The van der Waals surface area contributed by atoms with Crippen molar-refractivity contribution in [3.05, 3.63) is 0 Å². The molecule has 2 heteroatoms. The zero-order valence-corrected chi connectivity index (χ0v) is 7.29. The quantitative estimate of drug-likeness (QED) is 0.601. The normalized spacial score (nSPS) is 45.8. The van der Waals surface area contributed by atoms with E-state index in [0.717, 1.165) is 11.8 Å².